The van der Waals surface area contributed by atoms with E-state index in [0.717, 1.165) is 16.8 Å². The molecule has 1 aliphatic rings. The van der Waals surface area contributed by atoms with E-state index >= 15 is 0 Å². The van der Waals surface area contributed by atoms with Gasteiger partial charge >= 0.3 is 0 Å². The van der Waals surface area contributed by atoms with Crippen molar-refractivity contribution in [1.29, 1.82) is 0 Å². The minimum absolute atomic E-state index is 0.0920. The van der Waals surface area contributed by atoms with Crippen LogP contribution in [0, 0.1) is 6.92 Å². The van der Waals surface area contributed by atoms with E-state index in [-0.39, 0.29) is 11.9 Å². The maximum atomic E-state index is 12.3. The van der Waals surface area contributed by atoms with Gasteiger partial charge in [-0.15, -0.1) is 0 Å². The van der Waals surface area contributed by atoms with Crippen molar-refractivity contribution >= 4 is 28.8 Å². The summed E-state index contributed by atoms with van der Waals surface area (Å²) in [6.45, 7) is 6.36. The predicted octanol–water partition coefficient (Wildman–Crippen LogP) is 1.29. The molecule has 1 aromatic carbocycles. The van der Waals surface area contributed by atoms with Crippen LogP contribution in [0.1, 0.15) is 18.1 Å². The monoisotopic (exact) mass is 307 g/mol. The van der Waals surface area contributed by atoms with Crippen LogP contribution >= 0.6 is 12.2 Å². The summed E-state index contributed by atoms with van der Waals surface area (Å²) < 4.78 is 5.26. The van der Waals surface area contributed by atoms with Crippen molar-refractivity contribution in [3.63, 3.8) is 0 Å². The zero-order chi connectivity index (χ0) is 15.4. The summed E-state index contributed by atoms with van der Waals surface area (Å²) in [4.78, 5) is 14.5. The molecule has 21 heavy (non-hydrogen) atoms. The number of rotatable bonds is 4. The number of nitrogens with one attached hydrogen (secondary N) is 1. The highest BCUT2D eigenvalue weighted by Crippen LogP contribution is 2.16. The normalized spacial score (nSPS) is 16.4. The lowest BCUT2D eigenvalue weighted by atomic mass is 10.1. The van der Waals surface area contributed by atoms with E-state index in [0.29, 0.717) is 31.3 Å². The third-order valence-electron chi connectivity index (χ3n) is 3.57. The zero-order valence-corrected chi connectivity index (χ0v) is 13.2. The Morgan fingerprint density at radius 2 is 2.10 bits per heavy atom. The number of nitrogens with zero attached hydrogens (tertiary/aromatic N) is 1. The van der Waals surface area contributed by atoms with E-state index in [1.807, 2.05) is 36.9 Å². The van der Waals surface area contributed by atoms with Crippen LogP contribution in [-0.4, -0.2) is 48.1 Å². The van der Waals surface area contributed by atoms with Gasteiger partial charge in [-0.2, -0.15) is 0 Å². The first-order chi connectivity index (χ1) is 9.99. The molecule has 3 N–H and O–H groups in total. The van der Waals surface area contributed by atoms with Gasteiger partial charge in [-0.3, -0.25) is 4.79 Å². The largest absolute Gasteiger partial charge is 0.389 e. The number of amides is 1. The third-order valence-corrected chi connectivity index (χ3v) is 3.79. The highest BCUT2D eigenvalue weighted by Gasteiger charge is 2.22. The molecule has 0 aliphatic carbocycles. The Morgan fingerprint density at radius 1 is 1.43 bits per heavy atom. The number of aryl methyl sites for hydroxylation is 1. The predicted molar refractivity (Wildman–Crippen MR) is 87.6 cm³/mol. The maximum absolute atomic E-state index is 12.3. The van der Waals surface area contributed by atoms with Gasteiger partial charge < -0.3 is 20.7 Å². The zero-order valence-electron chi connectivity index (χ0n) is 12.4. The minimum Gasteiger partial charge on any atom is -0.389 e. The quantitative estimate of drug-likeness (QED) is 0.821. The van der Waals surface area contributed by atoms with Gasteiger partial charge in [0.1, 0.15) is 11.0 Å². The first-order valence-electron chi connectivity index (χ1n) is 7.02. The summed E-state index contributed by atoms with van der Waals surface area (Å²) in [6.07, 6.45) is 0. The number of ether oxygens (including phenoxy) is 1. The molecule has 2 rings (SSSR count). The highest BCUT2D eigenvalue weighted by molar-refractivity contribution is 7.80. The lowest BCUT2D eigenvalue weighted by Crippen LogP contribution is -2.47. The number of carbonyl (C=O) groups excluding carboxylic acids is 1. The van der Waals surface area contributed by atoms with Gasteiger partial charge in [-0.1, -0.05) is 12.2 Å². The number of thiocarbonyl (C=S) groups is 1. The molecule has 0 aromatic heterocycles. The molecule has 1 fully saturated rings. The number of hydrogen-bond acceptors (Lipinski definition) is 4. The lowest BCUT2D eigenvalue weighted by Gasteiger charge is -2.29. The van der Waals surface area contributed by atoms with E-state index in [1.54, 1.807) is 0 Å². The van der Waals surface area contributed by atoms with Gasteiger partial charge in [0.2, 0.25) is 5.91 Å². The first kappa shape index (κ1) is 15.7. The van der Waals surface area contributed by atoms with Crippen molar-refractivity contribution in [2.24, 2.45) is 5.73 Å². The molecule has 5 nitrogen and oxygen atoms in total. The summed E-state index contributed by atoms with van der Waals surface area (Å²) in [6, 6.07) is 5.45. The second kappa shape index (κ2) is 6.87. The van der Waals surface area contributed by atoms with E-state index in [4.69, 9.17) is 22.7 Å². The maximum Gasteiger partial charge on any atom is 0.244 e. The molecule has 0 radical (unpaired) electrons. The summed E-state index contributed by atoms with van der Waals surface area (Å²) in [7, 11) is 0. The molecule has 1 amide bonds. The second-order valence-electron chi connectivity index (χ2n) is 5.20. The average molecular weight is 307 g/mol. The van der Waals surface area contributed by atoms with E-state index < -0.39 is 0 Å². The van der Waals surface area contributed by atoms with Crippen LogP contribution in [0.2, 0.25) is 0 Å². The molecule has 114 valence electrons. The van der Waals surface area contributed by atoms with Crippen LogP contribution in [0.25, 0.3) is 0 Å². The van der Waals surface area contributed by atoms with Gasteiger partial charge in [-0.05, 0) is 37.6 Å². The molecule has 1 saturated heterocycles. The first-order valence-corrected chi connectivity index (χ1v) is 7.43. The molecular formula is C15H21N3O2S. The van der Waals surface area contributed by atoms with Crippen molar-refractivity contribution in [1.82, 2.24) is 4.90 Å². The van der Waals surface area contributed by atoms with Crippen LogP contribution in [-0.2, 0) is 9.53 Å². The number of anilines is 1. The molecule has 1 atom stereocenters. The Kier molecular flexibility index (Phi) is 5.14. The number of nitrogens with two attached hydrogens (primary N) is 1. The Labute approximate surface area is 130 Å². The van der Waals surface area contributed by atoms with Crippen molar-refractivity contribution in [3.8, 4) is 0 Å². The molecule has 1 aromatic rings. The molecular weight excluding hydrogens is 286 g/mol. The Hall–Kier alpha value is -1.66. The van der Waals surface area contributed by atoms with Gasteiger partial charge in [0, 0.05) is 24.3 Å². The standard InChI is InChI=1S/C15H21N3O2S/c1-10-9-12(3-4-13(10)14(16)21)17-11(2)15(19)18-5-7-20-8-6-18/h3-4,9,11,17H,5-8H2,1-2H3,(H2,16,21). The Morgan fingerprint density at radius 3 is 2.67 bits per heavy atom. The Balaban J connectivity index is 2.01. The fourth-order valence-corrected chi connectivity index (χ4v) is 2.63. The van der Waals surface area contributed by atoms with Crippen molar-refractivity contribution in [3.05, 3.63) is 29.3 Å². The molecule has 6 heteroatoms. The number of benzene rings is 1. The molecule has 1 aliphatic heterocycles. The van der Waals surface area contributed by atoms with Crippen molar-refractivity contribution < 1.29 is 9.53 Å². The SMILES string of the molecule is Cc1cc(NC(C)C(=O)N2CCOCC2)ccc1C(N)=S. The second-order valence-corrected chi connectivity index (χ2v) is 5.64. The van der Waals surface area contributed by atoms with Crippen LogP contribution in [0.5, 0.6) is 0 Å². The number of morpholine rings is 1. The fourth-order valence-electron chi connectivity index (χ4n) is 2.40. The molecule has 1 heterocycles. The van der Waals surface area contributed by atoms with E-state index in [1.165, 1.54) is 0 Å². The summed E-state index contributed by atoms with van der Waals surface area (Å²) in [5.74, 6) is 0.0920. The smallest absolute Gasteiger partial charge is 0.244 e. The highest BCUT2D eigenvalue weighted by atomic mass is 32.1. The number of hydrogen-bond donors (Lipinski definition) is 2. The fraction of sp³-hybridized carbons (Fsp3) is 0.467. The van der Waals surface area contributed by atoms with Gasteiger partial charge in [-0.25, -0.2) is 0 Å². The molecule has 0 spiro atoms. The van der Waals surface area contributed by atoms with Crippen LogP contribution in [0.4, 0.5) is 5.69 Å². The minimum atomic E-state index is -0.279. The lowest BCUT2D eigenvalue weighted by molar-refractivity contribution is -0.135. The summed E-state index contributed by atoms with van der Waals surface area (Å²) in [5.41, 5.74) is 8.40. The Bertz CT molecular complexity index is 542. The van der Waals surface area contributed by atoms with E-state index in [9.17, 15) is 4.79 Å². The van der Waals surface area contributed by atoms with Crippen molar-refractivity contribution in [2.45, 2.75) is 19.9 Å². The number of carbonyl (C=O) groups is 1. The van der Waals surface area contributed by atoms with Gasteiger partial charge in [0.05, 0.1) is 13.2 Å². The van der Waals surface area contributed by atoms with Crippen LogP contribution in [0.3, 0.4) is 0 Å². The summed E-state index contributed by atoms with van der Waals surface area (Å²) >= 11 is 4.99. The van der Waals surface area contributed by atoms with Crippen LogP contribution in [0.15, 0.2) is 18.2 Å². The topological polar surface area (TPSA) is 67.6 Å². The van der Waals surface area contributed by atoms with E-state index in [2.05, 4.69) is 5.32 Å². The molecule has 0 bridgehead atoms. The third kappa shape index (κ3) is 3.92. The van der Waals surface area contributed by atoms with Gasteiger partial charge in [0.25, 0.3) is 0 Å². The average Bonchev–Trinajstić information content (AvgIpc) is 2.47. The molecule has 1 unspecified atom stereocenters. The molecule has 0 saturated carbocycles. The van der Waals surface area contributed by atoms with Crippen LogP contribution < -0.4 is 11.1 Å². The van der Waals surface area contributed by atoms with Gasteiger partial charge in [0.15, 0.2) is 0 Å². The summed E-state index contributed by atoms with van der Waals surface area (Å²) in [5, 5.41) is 3.23. The van der Waals surface area contributed by atoms with Crippen molar-refractivity contribution in [2.75, 3.05) is 31.6 Å².